The molecule has 1 aliphatic carbocycles. The third kappa shape index (κ3) is 3.16. The number of aromatic nitrogens is 2. The van der Waals surface area contributed by atoms with Gasteiger partial charge >= 0.3 is 5.97 Å². The second-order valence-corrected chi connectivity index (χ2v) is 6.90. The van der Waals surface area contributed by atoms with Crippen molar-refractivity contribution >= 4 is 51.7 Å². The summed E-state index contributed by atoms with van der Waals surface area (Å²) in [5.41, 5.74) is -0.354. The second kappa shape index (κ2) is 6.18. The van der Waals surface area contributed by atoms with Crippen LogP contribution in [0.15, 0.2) is 18.5 Å². The van der Waals surface area contributed by atoms with Crippen molar-refractivity contribution in [2.75, 3.05) is 11.9 Å². The molecule has 8 heteroatoms. The number of hydrogen-bond donors (Lipinski definition) is 1. The van der Waals surface area contributed by atoms with Gasteiger partial charge in [0.25, 0.3) is 0 Å². The molecule has 1 N–H and O–H groups in total. The van der Waals surface area contributed by atoms with Crippen molar-refractivity contribution in [1.29, 1.82) is 0 Å². The van der Waals surface area contributed by atoms with Crippen molar-refractivity contribution in [3.8, 4) is 0 Å². The first kappa shape index (κ1) is 16.9. The first-order valence-electron chi connectivity index (χ1n) is 7.35. The summed E-state index contributed by atoms with van der Waals surface area (Å²) in [4.78, 5) is 31.5. The Balaban J connectivity index is 1.78. The highest BCUT2D eigenvalue weighted by atomic mass is 35.5. The van der Waals surface area contributed by atoms with Crippen LogP contribution in [0.2, 0.25) is 10.2 Å². The van der Waals surface area contributed by atoms with Crippen molar-refractivity contribution in [1.82, 2.24) is 9.97 Å². The summed E-state index contributed by atoms with van der Waals surface area (Å²) >= 11 is 12.5. The maximum atomic E-state index is 12.4. The molecule has 2 aromatic heterocycles. The molecule has 1 aliphatic rings. The van der Waals surface area contributed by atoms with E-state index in [0.29, 0.717) is 22.2 Å². The van der Waals surface area contributed by atoms with E-state index in [1.165, 1.54) is 6.92 Å². The number of halogens is 2. The van der Waals surface area contributed by atoms with E-state index in [1.54, 1.807) is 18.5 Å². The molecule has 0 aliphatic heterocycles. The van der Waals surface area contributed by atoms with E-state index in [9.17, 15) is 9.59 Å². The number of hydrogen-bond acceptors (Lipinski definition) is 5. The van der Waals surface area contributed by atoms with Crippen LogP contribution in [0.5, 0.6) is 0 Å². The van der Waals surface area contributed by atoms with Crippen molar-refractivity contribution in [2.24, 2.45) is 11.3 Å². The van der Waals surface area contributed by atoms with E-state index in [4.69, 9.17) is 27.9 Å². The predicted octanol–water partition coefficient (Wildman–Crippen LogP) is 3.46. The molecule has 0 aromatic carbocycles. The average Bonchev–Trinajstić information content (AvgIpc) is 3.23. The molecule has 0 saturated heterocycles. The lowest BCUT2D eigenvalue weighted by atomic mass is 10.1. The van der Waals surface area contributed by atoms with Crippen molar-refractivity contribution in [3.05, 3.63) is 28.6 Å². The van der Waals surface area contributed by atoms with E-state index in [2.05, 4.69) is 15.3 Å². The number of fused-ring (bicyclic) bond motifs is 1. The first-order valence-corrected chi connectivity index (χ1v) is 8.10. The van der Waals surface area contributed by atoms with E-state index < -0.39 is 0 Å². The number of carbonyl (C=O) groups excluding carboxylic acids is 2. The van der Waals surface area contributed by atoms with Crippen LogP contribution in [0.25, 0.3) is 10.8 Å². The Morgan fingerprint density at radius 2 is 2.17 bits per heavy atom. The molecule has 0 bridgehead atoms. The predicted molar refractivity (Wildman–Crippen MR) is 91.0 cm³/mol. The number of rotatable bonds is 4. The van der Waals surface area contributed by atoms with Gasteiger partial charge in [-0.3, -0.25) is 14.6 Å². The number of carbonyl (C=O) groups is 2. The zero-order chi connectivity index (χ0) is 17.5. The van der Waals surface area contributed by atoms with Crippen molar-refractivity contribution < 1.29 is 14.3 Å². The SMILES string of the molecule is CC(=O)OCC1(C)CC1C(=O)Nc1nc(Cl)c2cnccc2c1Cl. The molecule has 1 saturated carbocycles. The van der Waals surface area contributed by atoms with Crippen LogP contribution >= 0.6 is 23.2 Å². The van der Waals surface area contributed by atoms with Crippen LogP contribution in [0.4, 0.5) is 5.82 Å². The minimum absolute atomic E-state index is 0.214. The highest BCUT2D eigenvalue weighted by Crippen LogP contribution is 2.53. The zero-order valence-electron chi connectivity index (χ0n) is 13.1. The smallest absolute Gasteiger partial charge is 0.302 e. The summed E-state index contributed by atoms with van der Waals surface area (Å²) < 4.78 is 5.01. The summed E-state index contributed by atoms with van der Waals surface area (Å²) in [5, 5.41) is 4.54. The number of amides is 1. The van der Waals surface area contributed by atoms with E-state index in [0.717, 1.165) is 0 Å². The van der Waals surface area contributed by atoms with Gasteiger partial charge in [0.1, 0.15) is 5.15 Å². The number of ether oxygens (including phenoxy) is 1. The quantitative estimate of drug-likeness (QED) is 0.660. The lowest BCUT2D eigenvalue weighted by Gasteiger charge is -2.12. The summed E-state index contributed by atoms with van der Waals surface area (Å²) in [6.45, 7) is 3.45. The van der Waals surface area contributed by atoms with Crippen LogP contribution in [0.1, 0.15) is 20.3 Å². The van der Waals surface area contributed by atoms with Gasteiger partial charge in [-0.1, -0.05) is 30.1 Å². The first-order chi connectivity index (χ1) is 11.3. The summed E-state index contributed by atoms with van der Waals surface area (Å²) in [6, 6.07) is 1.71. The van der Waals surface area contributed by atoms with Gasteiger partial charge in [-0.25, -0.2) is 4.98 Å². The fourth-order valence-corrected chi connectivity index (χ4v) is 3.10. The van der Waals surface area contributed by atoms with E-state index >= 15 is 0 Å². The standard InChI is InChI=1S/C16H15Cl2N3O3/c1-8(22)24-7-16(2)5-11(16)15(23)21-14-12(17)9-3-4-19-6-10(9)13(18)20-14/h3-4,6,11H,5,7H2,1-2H3,(H,20,21,23). The van der Waals surface area contributed by atoms with Gasteiger partial charge in [-0.15, -0.1) is 0 Å². The summed E-state index contributed by atoms with van der Waals surface area (Å²) in [5.74, 6) is -0.626. The monoisotopic (exact) mass is 367 g/mol. The Bertz CT molecular complexity index is 843. The molecule has 24 heavy (non-hydrogen) atoms. The molecule has 0 radical (unpaired) electrons. The van der Waals surface area contributed by atoms with Gasteiger partial charge in [0.15, 0.2) is 5.82 Å². The third-order valence-electron chi connectivity index (χ3n) is 4.21. The molecular formula is C16H15Cl2N3O3. The Hall–Kier alpha value is -1.92. The minimum atomic E-state index is -0.359. The van der Waals surface area contributed by atoms with Gasteiger partial charge in [-0.05, 0) is 12.5 Å². The van der Waals surface area contributed by atoms with Crippen LogP contribution in [0.3, 0.4) is 0 Å². The van der Waals surface area contributed by atoms with Crippen molar-refractivity contribution in [3.63, 3.8) is 0 Å². The summed E-state index contributed by atoms with van der Waals surface area (Å²) in [6.07, 6.45) is 3.79. The van der Waals surface area contributed by atoms with Crippen LogP contribution in [-0.4, -0.2) is 28.5 Å². The van der Waals surface area contributed by atoms with Crippen LogP contribution in [0, 0.1) is 11.3 Å². The number of anilines is 1. The molecule has 126 valence electrons. The molecule has 2 aromatic rings. The maximum Gasteiger partial charge on any atom is 0.302 e. The van der Waals surface area contributed by atoms with Gasteiger partial charge in [0, 0.05) is 41.4 Å². The number of esters is 1. The Morgan fingerprint density at radius 3 is 2.88 bits per heavy atom. The van der Waals surface area contributed by atoms with Gasteiger partial charge in [0.2, 0.25) is 5.91 Å². The maximum absolute atomic E-state index is 12.4. The topological polar surface area (TPSA) is 81.2 Å². The third-order valence-corrected chi connectivity index (χ3v) is 4.88. The Labute approximate surface area is 148 Å². The molecule has 1 amide bonds. The van der Waals surface area contributed by atoms with Gasteiger partial charge in [0.05, 0.1) is 11.6 Å². The highest BCUT2D eigenvalue weighted by molar-refractivity contribution is 6.41. The number of nitrogens with zero attached hydrogens (tertiary/aromatic N) is 2. The van der Waals surface area contributed by atoms with E-state index in [-0.39, 0.29) is 40.8 Å². The fourth-order valence-electron chi connectivity index (χ4n) is 2.61. The number of pyridine rings is 2. The fraction of sp³-hybridized carbons (Fsp3) is 0.375. The minimum Gasteiger partial charge on any atom is -0.465 e. The molecule has 2 heterocycles. The van der Waals surface area contributed by atoms with Crippen LogP contribution < -0.4 is 5.32 Å². The van der Waals surface area contributed by atoms with E-state index in [1.807, 2.05) is 6.92 Å². The molecule has 6 nitrogen and oxygen atoms in total. The molecule has 0 spiro atoms. The lowest BCUT2D eigenvalue weighted by molar-refractivity contribution is -0.143. The molecule has 3 rings (SSSR count). The Kier molecular flexibility index (Phi) is 4.36. The summed E-state index contributed by atoms with van der Waals surface area (Å²) in [7, 11) is 0. The van der Waals surface area contributed by atoms with Gasteiger partial charge in [-0.2, -0.15) is 0 Å². The largest absolute Gasteiger partial charge is 0.465 e. The van der Waals surface area contributed by atoms with Gasteiger partial charge < -0.3 is 10.1 Å². The zero-order valence-corrected chi connectivity index (χ0v) is 14.6. The Morgan fingerprint density at radius 1 is 1.42 bits per heavy atom. The molecule has 2 unspecified atom stereocenters. The lowest BCUT2D eigenvalue weighted by Crippen LogP contribution is -2.21. The molecule has 2 atom stereocenters. The highest BCUT2D eigenvalue weighted by Gasteiger charge is 2.55. The normalized spacial score (nSPS) is 22.2. The average molecular weight is 368 g/mol. The number of nitrogens with one attached hydrogen (secondary N) is 1. The van der Waals surface area contributed by atoms with Crippen molar-refractivity contribution in [2.45, 2.75) is 20.3 Å². The molecular weight excluding hydrogens is 353 g/mol. The molecule has 1 fully saturated rings. The second-order valence-electron chi connectivity index (χ2n) is 6.17. The van der Waals surface area contributed by atoms with Crippen LogP contribution in [-0.2, 0) is 14.3 Å².